The number of hydrogen-bond acceptors (Lipinski definition) is 1. The van der Waals surface area contributed by atoms with E-state index < -0.39 is 0 Å². The molecule has 0 fully saturated rings. The molecule has 1 rings (SSSR count). The molecule has 0 N–H and O–H groups in total. The van der Waals surface area contributed by atoms with Crippen molar-refractivity contribution in [2.45, 2.75) is 39.7 Å². The van der Waals surface area contributed by atoms with E-state index in [9.17, 15) is 4.79 Å². The van der Waals surface area contributed by atoms with Crippen LogP contribution in [0.2, 0.25) is 0 Å². The maximum Gasteiger partial charge on any atom is 0.255 e. The summed E-state index contributed by atoms with van der Waals surface area (Å²) in [5, 5.41) is 0. The normalized spacial score (nSPS) is 11.4. The molecule has 1 aromatic rings. The van der Waals surface area contributed by atoms with Gasteiger partial charge in [0.1, 0.15) is 0 Å². The molecule has 2 nitrogen and oxygen atoms in total. The van der Waals surface area contributed by atoms with Gasteiger partial charge in [-0.2, -0.15) is 0 Å². The summed E-state index contributed by atoms with van der Waals surface area (Å²) in [5.41, 5.74) is 1.69. The van der Waals surface area contributed by atoms with E-state index in [1.807, 2.05) is 37.1 Å². The average molecular weight is 298 g/mol. The Hall–Kier alpha value is -0.830. The van der Waals surface area contributed by atoms with E-state index >= 15 is 0 Å². The lowest BCUT2D eigenvalue weighted by molar-refractivity contribution is 0.0619. The molecule has 0 aliphatic rings. The quantitative estimate of drug-likeness (QED) is 0.825. The molecule has 3 heteroatoms. The lowest BCUT2D eigenvalue weighted by Crippen LogP contribution is -2.44. The fraction of sp³-hybridized carbons (Fsp3) is 0.500. The second-order valence-corrected chi connectivity index (χ2v) is 5.76. The second kappa shape index (κ2) is 5.21. The van der Waals surface area contributed by atoms with Gasteiger partial charge in [0, 0.05) is 17.1 Å². The van der Waals surface area contributed by atoms with E-state index in [2.05, 4.69) is 36.7 Å². The molecule has 0 aliphatic carbocycles. The van der Waals surface area contributed by atoms with Crippen molar-refractivity contribution in [2.75, 3.05) is 7.05 Å². The lowest BCUT2D eigenvalue weighted by Gasteiger charge is -2.35. The number of benzene rings is 1. The van der Waals surface area contributed by atoms with E-state index in [1.54, 1.807) is 0 Å². The molecule has 0 spiro atoms. The van der Waals surface area contributed by atoms with Crippen molar-refractivity contribution in [3.8, 4) is 0 Å². The van der Waals surface area contributed by atoms with Crippen molar-refractivity contribution < 1.29 is 4.79 Å². The molecule has 0 aromatic heterocycles. The highest BCUT2D eigenvalue weighted by atomic mass is 79.9. The molecular formula is C14H20BrNO. The van der Waals surface area contributed by atoms with E-state index in [0.717, 1.165) is 22.0 Å². The van der Waals surface area contributed by atoms with E-state index in [4.69, 9.17) is 0 Å². The summed E-state index contributed by atoms with van der Waals surface area (Å²) < 4.78 is 0.892. The number of hydrogen-bond donors (Lipinski definition) is 0. The smallest absolute Gasteiger partial charge is 0.255 e. The van der Waals surface area contributed by atoms with E-state index in [1.165, 1.54) is 0 Å². The van der Waals surface area contributed by atoms with Crippen molar-refractivity contribution in [3.63, 3.8) is 0 Å². The predicted molar refractivity (Wildman–Crippen MR) is 75.3 cm³/mol. The van der Waals surface area contributed by atoms with E-state index in [-0.39, 0.29) is 11.4 Å². The van der Waals surface area contributed by atoms with Gasteiger partial charge in [-0.1, -0.05) is 19.1 Å². The minimum absolute atomic E-state index is 0.0624. The fourth-order valence-corrected chi connectivity index (χ4v) is 1.94. The standard InChI is InChI=1S/C14H20BrNO/c1-6-14(3,4)16(5)13(17)11-9-7-8-10(2)12(11)15/h7-9H,6H2,1-5H3. The molecule has 0 atom stereocenters. The molecule has 0 saturated carbocycles. The van der Waals surface area contributed by atoms with Gasteiger partial charge in [0.05, 0.1) is 5.56 Å². The molecule has 1 amide bonds. The minimum atomic E-state index is -0.125. The van der Waals surface area contributed by atoms with Gasteiger partial charge < -0.3 is 4.90 Å². The van der Waals surface area contributed by atoms with Crippen LogP contribution >= 0.6 is 15.9 Å². The van der Waals surface area contributed by atoms with Crippen molar-refractivity contribution in [1.29, 1.82) is 0 Å². The monoisotopic (exact) mass is 297 g/mol. The first-order valence-corrected chi connectivity index (χ1v) is 6.64. The van der Waals surface area contributed by atoms with Crippen LogP contribution in [-0.4, -0.2) is 23.4 Å². The van der Waals surface area contributed by atoms with Crippen molar-refractivity contribution in [3.05, 3.63) is 33.8 Å². The minimum Gasteiger partial charge on any atom is -0.337 e. The second-order valence-electron chi connectivity index (χ2n) is 4.97. The van der Waals surface area contributed by atoms with Crippen molar-refractivity contribution in [2.24, 2.45) is 0 Å². The highest BCUT2D eigenvalue weighted by molar-refractivity contribution is 9.10. The van der Waals surface area contributed by atoms with Crippen molar-refractivity contribution >= 4 is 21.8 Å². The zero-order chi connectivity index (χ0) is 13.2. The number of amides is 1. The van der Waals surface area contributed by atoms with Crippen LogP contribution in [0.4, 0.5) is 0 Å². The Bertz CT molecular complexity index is 426. The Morgan fingerprint density at radius 2 is 2.00 bits per heavy atom. The van der Waals surface area contributed by atoms with Gasteiger partial charge in [0.2, 0.25) is 0 Å². The molecular weight excluding hydrogens is 278 g/mol. The van der Waals surface area contributed by atoms with Gasteiger partial charge in [-0.3, -0.25) is 4.79 Å². The summed E-state index contributed by atoms with van der Waals surface area (Å²) >= 11 is 3.49. The first-order chi connectivity index (χ1) is 7.81. The number of nitrogens with zero attached hydrogens (tertiary/aromatic N) is 1. The summed E-state index contributed by atoms with van der Waals surface area (Å²) in [6, 6.07) is 5.77. The van der Waals surface area contributed by atoms with Gasteiger partial charge in [-0.25, -0.2) is 0 Å². The Balaban J connectivity index is 3.09. The Kier molecular flexibility index (Phi) is 4.36. The first-order valence-electron chi connectivity index (χ1n) is 5.84. The first kappa shape index (κ1) is 14.2. The van der Waals surface area contributed by atoms with Gasteiger partial charge in [-0.15, -0.1) is 0 Å². The molecule has 17 heavy (non-hydrogen) atoms. The van der Waals surface area contributed by atoms with Crippen LogP contribution in [0, 0.1) is 6.92 Å². The van der Waals surface area contributed by atoms with Crippen LogP contribution in [-0.2, 0) is 0 Å². The number of carbonyl (C=O) groups excluding carboxylic acids is 1. The molecule has 0 radical (unpaired) electrons. The molecule has 0 unspecified atom stereocenters. The van der Waals surface area contributed by atoms with Crippen LogP contribution in [0.15, 0.2) is 22.7 Å². The third-order valence-corrected chi connectivity index (χ3v) is 4.55. The highest BCUT2D eigenvalue weighted by Gasteiger charge is 2.27. The molecule has 0 heterocycles. The molecule has 0 aliphatic heterocycles. The molecule has 94 valence electrons. The number of rotatable bonds is 3. The summed E-state index contributed by atoms with van der Waals surface area (Å²) in [6.07, 6.45) is 0.929. The third kappa shape index (κ3) is 2.89. The zero-order valence-electron chi connectivity index (χ0n) is 11.2. The van der Waals surface area contributed by atoms with Crippen LogP contribution in [0.1, 0.15) is 43.1 Å². The summed E-state index contributed by atoms with van der Waals surface area (Å²) in [4.78, 5) is 14.2. The van der Waals surface area contributed by atoms with E-state index in [0.29, 0.717) is 0 Å². The maximum atomic E-state index is 12.4. The number of halogens is 1. The molecule has 0 bridgehead atoms. The van der Waals surface area contributed by atoms with Gasteiger partial charge >= 0.3 is 0 Å². The summed E-state index contributed by atoms with van der Waals surface area (Å²) in [7, 11) is 1.86. The molecule has 0 saturated heterocycles. The number of carbonyl (C=O) groups is 1. The maximum absolute atomic E-state index is 12.4. The SMILES string of the molecule is CCC(C)(C)N(C)C(=O)c1cccc(C)c1Br. The third-order valence-electron chi connectivity index (χ3n) is 3.50. The fourth-order valence-electron chi connectivity index (χ4n) is 1.51. The van der Waals surface area contributed by atoms with Crippen LogP contribution in [0.5, 0.6) is 0 Å². The Morgan fingerprint density at radius 1 is 1.41 bits per heavy atom. The van der Waals surface area contributed by atoms with Gasteiger partial charge in [0.25, 0.3) is 5.91 Å². The summed E-state index contributed by atoms with van der Waals surface area (Å²) in [5.74, 6) is 0.0624. The molecule has 1 aromatic carbocycles. The van der Waals surface area contributed by atoms with Crippen LogP contribution in [0.3, 0.4) is 0 Å². The van der Waals surface area contributed by atoms with Gasteiger partial charge in [-0.05, 0) is 54.8 Å². The average Bonchev–Trinajstić information content (AvgIpc) is 2.30. The van der Waals surface area contributed by atoms with Crippen molar-refractivity contribution in [1.82, 2.24) is 4.90 Å². The van der Waals surface area contributed by atoms with Crippen LogP contribution in [0.25, 0.3) is 0 Å². The van der Waals surface area contributed by atoms with Gasteiger partial charge in [0.15, 0.2) is 0 Å². The topological polar surface area (TPSA) is 20.3 Å². The number of aryl methyl sites for hydroxylation is 1. The Morgan fingerprint density at radius 3 is 2.53 bits per heavy atom. The zero-order valence-corrected chi connectivity index (χ0v) is 12.8. The highest BCUT2D eigenvalue weighted by Crippen LogP contribution is 2.25. The van der Waals surface area contributed by atoms with Crippen LogP contribution < -0.4 is 0 Å². The largest absolute Gasteiger partial charge is 0.337 e. The Labute approximate surface area is 112 Å². The predicted octanol–water partition coefficient (Wildman–Crippen LogP) is 4.02. The summed E-state index contributed by atoms with van der Waals surface area (Å²) in [6.45, 7) is 8.24. The lowest BCUT2D eigenvalue weighted by atomic mass is 9.98.